The number of amides is 2. The average molecular weight is 386 g/mol. The smallest absolute Gasteiger partial charge is 0.239 e. The van der Waals surface area contributed by atoms with Crippen LogP contribution in [-0.2, 0) is 9.59 Å². The molecule has 3 aromatic rings. The van der Waals surface area contributed by atoms with Crippen molar-refractivity contribution in [2.45, 2.75) is 5.92 Å². The van der Waals surface area contributed by atoms with E-state index in [1.54, 1.807) is 28.0 Å². The molecule has 1 aliphatic heterocycles. The van der Waals surface area contributed by atoms with Crippen molar-refractivity contribution in [2.75, 3.05) is 24.7 Å². The summed E-state index contributed by atoms with van der Waals surface area (Å²) in [6.45, 7) is 0.646. The SMILES string of the molecule is O=C(CN1CSCC1=O)NCC(c1cccs1)c1c[nH]c2ccccc12. The number of carbonyl (C=O) groups excluding carboxylic acids is 2. The first-order valence-electron chi connectivity index (χ1n) is 8.44. The van der Waals surface area contributed by atoms with Gasteiger partial charge in [0.1, 0.15) is 6.54 Å². The Hall–Kier alpha value is -2.25. The van der Waals surface area contributed by atoms with E-state index in [1.165, 1.54) is 15.8 Å². The molecule has 0 spiro atoms. The number of nitrogens with zero attached hydrogens (tertiary/aromatic N) is 1. The van der Waals surface area contributed by atoms with E-state index in [0.717, 1.165) is 5.52 Å². The molecular weight excluding hydrogens is 366 g/mol. The van der Waals surface area contributed by atoms with E-state index in [4.69, 9.17) is 0 Å². The minimum atomic E-state index is -0.109. The molecule has 1 aliphatic rings. The van der Waals surface area contributed by atoms with Crippen LogP contribution in [0.1, 0.15) is 16.4 Å². The topological polar surface area (TPSA) is 65.2 Å². The Bertz CT molecular complexity index is 920. The molecule has 0 radical (unpaired) electrons. The van der Waals surface area contributed by atoms with Gasteiger partial charge in [0.25, 0.3) is 0 Å². The third kappa shape index (κ3) is 3.50. The van der Waals surface area contributed by atoms with Gasteiger partial charge in [0.15, 0.2) is 0 Å². The van der Waals surface area contributed by atoms with Crippen molar-refractivity contribution >= 4 is 45.8 Å². The maximum Gasteiger partial charge on any atom is 0.239 e. The van der Waals surface area contributed by atoms with E-state index in [1.807, 2.05) is 24.4 Å². The molecule has 26 heavy (non-hydrogen) atoms. The van der Waals surface area contributed by atoms with Crippen LogP contribution in [0.4, 0.5) is 0 Å². The number of benzene rings is 1. The van der Waals surface area contributed by atoms with Gasteiger partial charge in [-0.15, -0.1) is 23.1 Å². The van der Waals surface area contributed by atoms with Gasteiger partial charge in [0.2, 0.25) is 11.8 Å². The normalized spacial score (nSPS) is 15.5. The summed E-state index contributed by atoms with van der Waals surface area (Å²) in [5.74, 6) is 1.08. The second-order valence-corrected chi connectivity index (χ2v) is 8.17. The molecule has 0 bridgehead atoms. The highest BCUT2D eigenvalue weighted by atomic mass is 32.2. The lowest BCUT2D eigenvalue weighted by Gasteiger charge is -2.18. The lowest BCUT2D eigenvalue weighted by atomic mass is 9.96. The first-order valence-corrected chi connectivity index (χ1v) is 10.5. The monoisotopic (exact) mass is 385 g/mol. The van der Waals surface area contributed by atoms with E-state index in [-0.39, 0.29) is 24.3 Å². The molecule has 2 amide bonds. The lowest BCUT2D eigenvalue weighted by Crippen LogP contribution is -2.39. The highest BCUT2D eigenvalue weighted by Crippen LogP contribution is 2.32. The van der Waals surface area contributed by atoms with Gasteiger partial charge >= 0.3 is 0 Å². The van der Waals surface area contributed by atoms with E-state index in [9.17, 15) is 9.59 Å². The van der Waals surface area contributed by atoms with Crippen LogP contribution in [-0.4, -0.2) is 46.4 Å². The highest BCUT2D eigenvalue weighted by molar-refractivity contribution is 8.00. The largest absolute Gasteiger partial charge is 0.361 e. The summed E-state index contributed by atoms with van der Waals surface area (Å²) < 4.78 is 0. The second-order valence-electron chi connectivity index (χ2n) is 6.23. The molecule has 1 atom stereocenters. The van der Waals surface area contributed by atoms with Crippen LogP contribution in [0.2, 0.25) is 0 Å². The number of para-hydroxylation sites is 1. The number of H-pyrrole nitrogens is 1. The molecule has 134 valence electrons. The number of thiophene rings is 1. The molecule has 1 aromatic carbocycles. The van der Waals surface area contributed by atoms with Crippen molar-refractivity contribution in [1.82, 2.24) is 15.2 Å². The minimum Gasteiger partial charge on any atom is -0.361 e. The van der Waals surface area contributed by atoms with Gasteiger partial charge in [-0.3, -0.25) is 9.59 Å². The van der Waals surface area contributed by atoms with Crippen molar-refractivity contribution in [3.63, 3.8) is 0 Å². The molecular formula is C19H19N3O2S2. The Balaban J connectivity index is 1.51. The zero-order valence-electron chi connectivity index (χ0n) is 14.1. The van der Waals surface area contributed by atoms with Gasteiger partial charge < -0.3 is 15.2 Å². The fourth-order valence-corrected chi connectivity index (χ4v) is 4.97. The van der Waals surface area contributed by atoms with Gasteiger partial charge in [-0.1, -0.05) is 24.3 Å². The zero-order valence-corrected chi connectivity index (χ0v) is 15.7. The Morgan fingerprint density at radius 2 is 2.15 bits per heavy atom. The number of aromatic amines is 1. The van der Waals surface area contributed by atoms with E-state index >= 15 is 0 Å². The van der Waals surface area contributed by atoms with Crippen LogP contribution in [0, 0.1) is 0 Å². The van der Waals surface area contributed by atoms with E-state index in [0.29, 0.717) is 18.2 Å². The Morgan fingerprint density at radius 3 is 2.92 bits per heavy atom. The second kappa shape index (κ2) is 7.55. The number of carbonyl (C=O) groups is 2. The molecule has 5 nitrogen and oxygen atoms in total. The Morgan fingerprint density at radius 1 is 1.27 bits per heavy atom. The highest BCUT2D eigenvalue weighted by Gasteiger charge is 2.24. The molecule has 1 saturated heterocycles. The van der Waals surface area contributed by atoms with Gasteiger partial charge in [0.05, 0.1) is 11.6 Å². The van der Waals surface area contributed by atoms with Crippen LogP contribution in [0.3, 0.4) is 0 Å². The predicted molar refractivity (Wildman–Crippen MR) is 107 cm³/mol. The summed E-state index contributed by atoms with van der Waals surface area (Å²) >= 11 is 3.24. The first kappa shape index (κ1) is 17.2. The van der Waals surface area contributed by atoms with Crippen molar-refractivity contribution in [3.05, 3.63) is 58.4 Å². The minimum absolute atomic E-state index is 0.0385. The van der Waals surface area contributed by atoms with Gasteiger partial charge in [0, 0.05) is 34.4 Å². The number of nitrogens with one attached hydrogen (secondary N) is 2. The number of thioether (sulfide) groups is 1. The molecule has 2 aromatic heterocycles. The van der Waals surface area contributed by atoms with Crippen molar-refractivity contribution in [1.29, 1.82) is 0 Å². The number of rotatable bonds is 6. The molecule has 0 saturated carbocycles. The van der Waals surface area contributed by atoms with Crippen LogP contribution in [0.5, 0.6) is 0 Å². The third-order valence-corrected chi connectivity index (χ3v) is 6.48. The van der Waals surface area contributed by atoms with Crippen LogP contribution in [0.15, 0.2) is 48.0 Å². The average Bonchev–Trinajstić information content (AvgIpc) is 3.38. The maximum absolute atomic E-state index is 12.3. The molecule has 2 N–H and O–H groups in total. The van der Waals surface area contributed by atoms with E-state index in [2.05, 4.69) is 33.9 Å². The van der Waals surface area contributed by atoms with E-state index < -0.39 is 0 Å². The third-order valence-electron chi connectivity index (χ3n) is 4.55. The van der Waals surface area contributed by atoms with Gasteiger partial charge in [-0.2, -0.15) is 0 Å². The molecule has 1 fully saturated rings. The van der Waals surface area contributed by atoms with Crippen molar-refractivity contribution in [3.8, 4) is 0 Å². The standard InChI is InChI=1S/C19H19N3O2S2/c23-18(10-22-12-25-11-19(22)24)21-9-15(17-6-3-7-26-17)14-8-20-16-5-2-1-4-13(14)16/h1-8,15,20H,9-12H2,(H,21,23). The summed E-state index contributed by atoms with van der Waals surface area (Å²) in [6.07, 6.45) is 2.03. The fourth-order valence-electron chi connectivity index (χ4n) is 3.22. The predicted octanol–water partition coefficient (Wildman–Crippen LogP) is 3.01. The number of hydrogen-bond donors (Lipinski definition) is 2. The lowest BCUT2D eigenvalue weighted by molar-refractivity contribution is -0.132. The summed E-state index contributed by atoms with van der Waals surface area (Å²) in [5.41, 5.74) is 2.27. The van der Waals surface area contributed by atoms with Crippen molar-refractivity contribution < 1.29 is 9.59 Å². The zero-order chi connectivity index (χ0) is 17.9. The molecule has 4 rings (SSSR count). The van der Waals surface area contributed by atoms with Gasteiger partial charge in [-0.05, 0) is 23.1 Å². The molecule has 0 aliphatic carbocycles. The van der Waals surface area contributed by atoms with Crippen LogP contribution >= 0.6 is 23.1 Å². The summed E-state index contributed by atoms with van der Waals surface area (Å²) in [5, 5.41) is 6.25. The quantitative estimate of drug-likeness (QED) is 0.686. The van der Waals surface area contributed by atoms with Gasteiger partial charge in [-0.25, -0.2) is 0 Å². The molecule has 1 unspecified atom stereocenters. The summed E-state index contributed by atoms with van der Waals surface area (Å²) in [7, 11) is 0. The van der Waals surface area contributed by atoms with Crippen molar-refractivity contribution in [2.24, 2.45) is 0 Å². The maximum atomic E-state index is 12.3. The summed E-state index contributed by atoms with van der Waals surface area (Å²) in [6, 6.07) is 12.3. The first-order chi connectivity index (χ1) is 12.7. The number of fused-ring (bicyclic) bond motifs is 1. The summed E-state index contributed by atoms with van der Waals surface area (Å²) in [4.78, 5) is 30.2. The number of hydrogen-bond acceptors (Lipinski definition) is 4. The van der Waals surface area contributed by atoms with Crippen LogP contribution in [0.25, 0.3) is 10.9 Å². The molecule has 3 heterocycles. The Kier molecular flexibility index (Phi) is 4.99. The fraction of sp³-hybridized carbons (Fsp3) is 0.263. The molecule has 7 heteroatoms. The van der Waals surface area contributed by atoms with Crippen LogP contribution < -0.4 is 5.32 Å². The number of aromatic nitrogens is 1. The Labute approximate surface area is 159 Å².